The van der Waals surface area contributed by atoms with E-state index < -0.39 is 17.5 Å². The van der Waals surface area contributed by atoms with Crippen LogP contribution < -0.4 is 0 Å². The average molecular weight is 392 g/mol. The molecule has 0 aromatic carbocycles. The maximum absolute atomic E-state index is 12.6. The topological polar surface area (TPSA) is 114 Å². The summed E-state index contributed by atoms with van der Waals surface area (Å²) < 4.78 is 5.36. The fraction of sp³-hybridized carbons (Fsp3) is 0.684. The van der Waals surface area contributed by atoms with Crippen LogP contribution in [0, 0.1) is 17.2 Å². The van der Waals surface area contributed by atoms with Gasteiger partial charge in [-0.15, -0.1) is 0 Å². The minimum Gasteiger partial charge on any atom is -0.481 e. The molecule has 154 valence electrons. The van der Waals surface area contributed by atoms with Crippen LogP contribution in [-0.2, 0) is 14.3 Å². The quantitative estimate of drug-likeness (QED) is 0.568. The first kappa shape index (κ1) is 21.5. The fourth-order valence-electron chi connectivity index (χ4n) is 3.17. The summed E-state index contributed by atoms with van der Waals surface area (Å²) >= 11 is 0. The Morgan fingerprint density at radius 1 is 1.04 bits per heavy atom. The SMILES string of the molecule is CC(C)(C)OC(=O)N1CCN(/C=C(/C#N)C(=O)N2CCC(C(=O)O)CC2)CC1. The number of amides is 2. The van der Waals surface area contributed by atoms with Crippen molar-refractivity contribution in [2.24, 2.45) is 5.92 Å². The number of carbonyl (C=O) groups is 3. The number of hydrogen-bond donors (Lipinski definition) is 1. The maximum atomic E-state index is 12.6. The second-order valence-electron chi connectivity index (χ2n) is 8.06. The third kappa shape index (κ3) is 5.87. The van der Waals surface area contributed by atoms with E-state index in [1.165, 1.54) is 11.1 Å². The number of hydrogen-bond acceptors (Lipinski definition) is 6. The Labute approximate surface area is 165 Å². The Morgan fingerprint density at radius 3 is 2.07 bits per heavy atom. The molecular formula is C19H28N4O5. The van der Waals surface area contributed by atoms with Crippen molar-refractivity contribution in [2.45, 2.75) is 39.2 Å². The molecule has 0 radical (unpaired) electrons. The van der Waals surface area contributed by atoms with Crippen molar-refractivity contribution in [2.75, 3.05) is 39.3 Å². The zero-order valence-electron chi connectivity index (χ0n) is 16.7. The normalized spacial score (nSPS) is 19.2. The number of aliphatic carboxylic acids is 1. The molecule has 0 aliphatic carbocycles. The van der Waals surface area contributed by atoms with Gasteiger partial charge < -0.3 is 24.5 Å². The number of ether oxygens (including phenoxy) is 1. The van der Waals surface area contributed by atoms with Gasteiger partial charge in [-0.05, 0) is 33.6 Å². The summed E-state index contributed by atoms with van der Waals surface area (Å²) in [5.74, 6) is -1.65. The second-order valence-corrected chi connectivity index (χ2v) is 8.06. The molecule has 2 heterocycles. The highest BCUT2D eigenvalue weighted by Crippen LogP contribution is 2.19. The Bertz CT molecular complexity index is 675. The number of likely N-dealkylation sites (tertiary alicyclic amines) is 1. The number of piperidine rings is 1. The van der Waals surface area contributed by atoms with Crippen molar-refractivity contribution in [3.8, 4) is 6.07 Å². The predicted molar refractivity (Wildman–Crippen MR) is 100 cm³/mol. The molecule has 2 amide bonds. The summed E-state index contributed by atoms with van der Waals surface area (Å²) in [5, 5.41) is 18.4. The van der Waals surface area contributed by atoms with Crippen LogP contribution >= 0.6 is 0 Å². The van der Waals surface area contributed by atoms with E-state index >= 15 is 0 Å². The van der Waals surface area contributed by atoms with Crippen LogP contribution in [0.5, 0.6) is 0 Å². The van der Waals surface area contributed by atoms with Crippen molar-refractivity contribution in [1.82, 2.24) is 14.7 Å². The van der Waals surface area contributed by atoms with Crippen LogP contribution in [0.2, 0.25) is 0 Å². The molecule has 9 nitrogen and oxygen atoms in total. The second kappa shape index (κ2) is 8.95. The van der Waals surface area contributed by atoms with Gasteiger partial charge in [0.25, 0.3) is 5.91 Å². The van der Waals surface area contributed by atoms with E-state index in [9.17, 15) is 19.6 Å². The van der Waals surface area contributed by atoms with Crippen LogP contribution in [0.1, 0.15) is 33.6 Å². The number of piperazine rings is 1. The minimum absolute atomic E-state index is 0.0273. The van der Waals surface area contributed by atoms with Gasteiger partial charge in [-0.1, -0.05) is 0 Å². The minimum atomic E-state index is -0.842. The Balaban J connectivity index is 1.90. The molecule has 2 rings (SSSR count). The highest BCUT2D eigenvalue weighted by molar-refractivity contribution is 5.97. The van der Waals surface area contributed by atoms with Crippen molar-refractivity contribution in [3.05, 3.63) is 11.8 Å². The molecule has 1 N–H and O–H groups in total. The van der Waals surface area contributed by atoms with Crippen molar-refractivity contribution in [3.63, 3.8) is 0 Å². The largest absolute Gasteiger partial charge is 0.481 e. The lowest BCUT2D eigenvalue weighted by Gasteiger charge is -2.35. The van der Waals surface area contributed by atoms with E-state index in [2.05, 4.69) is 0 Å². The molecule has 9 heteroatoms. The number of carbonyl (C=O) groups excluding carboxylic acids is 2. The molecule has 0 bridgehead atoms. The summed E-state index contributed by atoms with van der Waals surface area (Å²) in [4.78, 5) is 40.7. The van der Waals surface area contributed by atoms with Gasteiger partial charge in [-0.2, -0.15) is 5.26 Å². The molecule has 2 fully saturated rings. The van der Waals surface area contributed by atoms with Crippen LogP contribution in [0.3, 0.4) is 0 Å². The molecule has 2 saturated heterocycles. The first-order valence-electron chi connectivity index (χ1n) is 9.46. The van der Waals surface area contributed by atoms with Gasteiger partial charge >= 0.3 is 12.1 Å². The number of rotatable bonds is 3. The molecule has 2 aliphatic rings. The molecular weight excluding hydrogens is 364 g/mol. The van der Waals surface area contributed by atoms with Gasteiger partial charge in [0.1, 0.15) is 17.2 Å². The number of carboxylic acid groups (broad SMARTS) is 1. The fourth-order valence-corrected chi connectivity index (χ4v) is 3.17. The van der Waals surface area contributed by atoms with Gasteiger partial charge in [0.05, 0.1) is 5.92 Å². The van der Waals surface area contributed by atoms with Crippen LogP contribution in [-0.4, -0.2) is 82.6 Å². The van der Waals surface area contributed by atoms with Crippen LogP contribution in [0.15, 0.2) is 11.8 Å². The van der Waals surface area contributed by atoms with Gasteiger partial charge in [0.2, 0.25) is 0 Å². The molecule has 0 aromatic heterocycles. The first-order chi connectivity index (χ1) is 13.1. The van der Waals surface area contributed by atoms with E-state index in [4.69, 9.17) is 9.84 Å². The van der Waals surface area contributed by atoms with Gasteiger partial charge in [0.15, 0.2) is 0 Å². The molecule has 0 atom stereocenters. The summed E-state index contributed by atoms with van der Waals surface area (Å²) in [5.41, 5.74) is -0.526. The van der Waals surface area contributed by atoms with E-state index in [0.717, 1.165) is 0 Å². The van der Waals surface area contributed by atoms with Gasteiger partial charge in [-0.3, -0.25) is 9.59 Å². The summed E-state index contributed by atoms with van der Waals surface area (Å²) in [6, 6.07) is 1.95. The summed E-state index contributed by atoms with van der Waals surface area (Å²) in [6.07, 6.45) is 1.97. The van der Waals surface area contributed by atoms with E-state index in [1.54, 1.807) is 4.90 Å². The van der Waals surface area contributed by atoms with Crippen molar-refractivity contribution in [1.29, 1.82) is 5.26 Å². The monoisotopic (exact) mass is 392 g/mol. The lowest BCUT2D eigenvalue weighted by molar-refractivity contribution is -0.145. The smallest absolute Gasteiger partial charge is 0.410 e. The average Bonchev–Trinajstić information content (AvgIpc) is 2.64. The standard InChI is InChI=1S/C19H28N4O5/c1-19(2,3)28-18(27)23-10-8-21(9-11-23)13-15(12-20)16(24)22-6-4-14(5-7-22)17(25)26/h13-14H,4-11H2,1-3H3,(H,25,26)/b15-13-. The molecule has 28 heavy (non-hydrogen) atoms. The third-order valence-corrected chi connectivity index (χ3v) is 4.76. The lowest BCUT2D eigenvalue weighted by atomic mass is 9.97. The molecule has 2 aliphatic heterocycles. The molecule has 0 spiro atoms. The molecule has 0 unspecified atom stereocenters. The zero-order valence-corrected chi connectivity index (χ0v) is 16.7. The summed E-state index contributed by atoms with van der Waals surface area (Å²) in [6.45, 7) is 8.00. The Morgan fingerprint density at radius 2 is 1.61 bits per heavy atom. The maximum Gasteiger partial charge on any atom is 0.410 e. The van der Waals surface area contributed by atoms with Crippen LogP contribution in [0.25, 0.3) is 0 Å². The third-order valence-electron chi connectivity index (χ3n) is 4.76. The number of carboxylic acids is 1. The van der Waals surface area contributed by atoms with Gasteiger partial charge in [0, 0.05) is 45.5 Å². The number of nitrogens with zero attached hydrogens (tertiary/aromatic N) is 4. The highest BCUT2D eigenvalue weighted by atomic mass is 16.6. The van der Waals surface area contributed by atoms with Crippen molar-refractivity contribution >= 4 is 18.0 Å². The van der Waals surface area contributed by atoms with Crippen molar-refractivity contribution < 1.29 is 24.2 Å². The van der Waals surface area contributed by atoms with E-state index in [-0.39, 0.29) is 17.6 Å². The zero-order chi connectivity index (χ0) is 20.9. The van der Waals surface area contributed by atoms with E-state index in [1.807, 2.05) is 31.7 Å². The number of nitriles is 1. The molecule has 0 aromatic rings. The van der Waals surface area contributed by atoms with E-state index in [0.29, 0.717) is 52.1 Å². The first-order valence-corrected chi connectivity index (χ1v) is 9.46. The Hall–Kier alpha value is -2.76. The summed E-state index contributed by atoms with van der Waals surface area (Å²) in [7, 11) is 0. The molecule has 0 saturated carbocycles. The highest BCUT2D eigenvalue weighted by Gasteiger charge is 2.29. The Kier molecular flexibility index (Phi) is 6.89. The predicted octanol–water partition coefficient (Wildman–Crippen LogP) is 1.27. The van der Waals surface area contributed by atoms with Gasteiger partial charge in [-0.25, -0.2) is 4.79 Å². The van der Waals surface area contributed by atoms with Crippen LogP contribution in [0.4, 0.5) is 4.79 Å². The lowest BCUT2D eigenvalue weighted by Crippen LogP contribution is -2.48.